The van der Waals surface area contributed by atoms with E-state index < -0.39 is 0 Å². The van der Waals surface area contributed by atoms with Crippen molar-refractivity contribution >= 4 is 0 Å². The Morgan fingerprint density at radius 1 is 1.41 bits per heavy atom. The molecule has 0 aliphatic carbocycles. The molecule has 1 aromatic rings. The Balaban J connectivity index is 1.62. The molecule has 0 amide bonds. The number of fused-ring (bicyclic) bond motifs is 1. The second-order valence-electron chi connectivity index (χ2n) is 5.36. The van der Waals surface area contributed by atoms with E-state index in [9.17, 15) is 0 Å². The van der Waals surface area contributed by atoms with Gasteiger partial charge in [0.15, 0.2) is 0 Å². The van der Waals surface area contributed by atoms with Crippen molar-refractivity contribution in [3.05, 3.63) is 18.2 Å². The zero-order chi connectivity index (χ0) is 11.7. The molecule has 3 atom stereocenters. The summed E-state index contributed by atoms with van der Waals surface area (Å²) in [4.78, 5) is 10.2. The van der Waals surface area contributed by atoms with Crippen molar-refractivity contribution in [2.75, 3.05) is 13.1 Å². The van der Waals surface area contributed by atoms with E-state index in [0.717, 1.165) is 11.9 Å². The van der Waals surface area contributed by atoms with Crippen LogP contribution in [0.2, 0.25) is 0 Å². The first kappa shape index (κ1) is 11.2. The molecule has 94 valence electrons. The first-order valence-corrected chi connectivity index (χ1v) is 6.84. The van der Waals surface area contributed by atoms with Crippen LogP contribution in [-0.4, -0.2) is 40.0 Å². The van der Waals surface area contributed by atoms with Crippen LogP contribution in [0.3, 0.4) is 0 Å². The molecule has 0 spiro atoms. The molecule has 0 saturated carbocycles. The summed E-state index contributed by atoms with van der Waals surface area (Å²) < 4.78 is 0. The van der Waals surface area contributed by atoms with Gasteiger partial charge in [-0.05, 0) is 32.7 Å². The molecule has 2 N–H and O–H groups in total. The van der Waals surface area contributed by atoms with Crippen molar-refractivity contribution < 1.29 is 0 Å². The maximum Gasteiger partial charge on any atom is 0.122 e. The third-order valence-electron chi connectivity index (χ3n) is 4.25. The number of rotatable bonds is 3. The molecule has 3 unspecified atom stereocenters. The molecule has 2 saturated heterocycles. The second-order valence-corrected chi connectivity index (χ2v) is 5.36. The number of imidazole rings is 1. The van der Waals surface area contributed by atoms with E-state index in [0.29, 0.717) is 12.1 Å². The van der Waals surface area contributed by atoms with Crippen LogP contribution in [-0.2, 0) is 0 Å². The number of piperidine rings is 1. The number of H-pyrrole nitrogens is 1. The lowest BCUT2D eigenvalue weighted by Gasteiger charge is -2.33. The molecule has 4 heteroatoms. The molecule has 2 fully saturated rings. The third kappa shape index (κ3) is 2.24. The molecule has 0 radical (unpaired) electrons. The van der Waals surface area contributed by atoms with Gasteiger partial charge < -0.3 is 10.3 Å². The Morgan fingerprint density at radius 3 is 3.18 bits per heavy atom. The van der Waals surface area contributed by atoms with Gasteiger partial charge in [0.25, 0.3) is 0 Å². The largest absolute Gasteiger partial charge is 0.347 e. The smallest absolute Gasteiger partial charge is 0.122 e. The molecule has 4 nitrogen and oxygen atoms in total. The highest BCUT2D eigenvalue weighted by Gasteiger charge is 2.36. The summed E-state index contributed by atoms with van der Waals surface area (Å²) in [5.74, 6) is 1.05. The van der Waals surface area contributed by atoms with E-state index in [1.165, 1.54) is 38.8 Å². The predicted molar refractivity (Wildman–Crippen MR) is 67.8 cm³/mol. The van der Waals surface area contributed by atoms with E-state index in [4.69, 9.17) is 0 Å². The first-order chi connectivity index (χ1) is 8.34. The number of hydrogen-bond donors (Lipinski definition) is 2. The van der Waals surface area contributed by atoms with E-state index in [2.05, 4.69) is 27.1 Å². The number of nitrogens with one attached hydrogen (secondary N) is 2. The van der Waals surface area contributed by atoms with Crippen molar-refractivity contribution in [1.82, 2.24) is 20.2 Å². The Kier molecular flexibility index (Phi) is 3.16. The quantitative estimate of drug-likeness (QED) is 0.836. The zero-order valence-corrected chi connectivity index (χ0v) is 10.5. The van der Waals surface area contributed by atoms with Gasteiger partial charge in [-0.2, -0.15) is 0 Å². The zero-order valence-electron chi connectivity index (χ0n) is 10.5. The highest BCUT2D eigenvalue weighted by Crippen LogP contribution is 2.28. The highest BCUT2D eigenvalue weighted by atomic mass is 15.2. The minimum Gasteiger partial charge on any atom is -0.347 e. The average molecular weight is 234 g/mol. The molecule has 1 aromatic heterocycles. The van der Waals surface area contributed by atoms with Crippen molar-refractivity contribution in [1.29, 1.82) is 0 Å². The summed E-state index contributed by atoms with van der Waals surface area (Å²) >= 11 is 0. The molecule has 3 heterocycles. The molecular formula is C13H22N4. The standard InChI is InChI=1S/C13H22N4/c1-10(13-14-6-7-15-13)16-11-5-9-17-8-3-2-4-12(11)17/h6-7,10-12,16H,2-5,8-9H2,1H3,(H,14,15). The van der Waals surface area contributed by atoms with Gasteiger partial charge in [0, 0.05) is 31.0 Å². The first-order valence-electron chi connectivity index (χ1n) is 6.84. The fourth-order valence-electron chi connectivity index (χ4n) is 3.36. The summed E-state index contributed by atoms with van der Waals surface area (Å²) in [7, 11) is 0. The van der Waals surface area contributed by atoms with Gasteiger partial charge in [0.2, 0.25) is 0 Å². The van der Waals surface area contributed by atoms with Gasteiger partial charge >= 0.3 is 0 Å². The number of aromatic nitrogens is 2. The van der Waals surface area contributed by atoms with E-state index in [1.54, 1.807) is 0 Å². The minimum absolute atomic E-state index is 0.330. The van der Waals surface area contributed by atoms with Gasteiger partial charge in [-0.25, -0.2) is 4.98 Å². The minimum atomic E-state index is 0.330. The monoisotopic (exact) mass is 234 g/mol. The summed E-state index contributed by atoms with van der Waals surface area (Å²) in [6.45, 7) is 4.77. The Hall–Kier alpha value is -0.870. The normalized spacial score (nSPS) is 31.4. The lowest BCUT2D eigenvalue weighted by Crippen LogP contribution is -2.45. The predicted octanol–water partition coefficient (Wildman–Crippen LogP) is 1.69. The average Bonchev–Trinajstić information content (AvgIpc) is 2.98. The molecule has 17 heavy (non-hydrogen) atoms. The van der Waals surface area contributed by atoms with Crippen LogP contribution in [0.4, 0.5) is 0 Å². The van der Waals surface area contributed by atoms with E-state index in [1.807, 2.05) is 12.4 Å². The fraction of sp³-hybridized carbons (Fsp3) is 0.769. The highest BCUT2D eigenvalue weighted by molar-refractivity contribution is 4.99. The molecule has 0 aromatic carbocycles. The van der Waals surface area contributed by atoms with Crippen LogP contribution in [0.25, 0.3) is 0 Å². The second kappa shape index (κ2) is 4.78. The summed E-state index contributed by atoms with van der Waals surface area (Å²) in [6.07, 6.45) is 9.16. The van der Waals surface area contributed by atoms with E-state index in [-0.39, 0.29) is 0 Å². The number of nitrogens with zero attached hydrogens (tertiary/aromatic N) is 2. The van der Waals surface area contributed by atoms with Crippen LogP contribution < -0.4 is 5.32 Å². The van der Waals surface area contributed by atoms with Crippen LogP contribution in [0.1, 0.15) is 44.5 Å². The van der Waals surface area contributed by atoms with Gasteiger partial charge in [0.1, 0.15) is 5.82 Å². The number of aromatic amines is 1. The van der Waals surface area contributed by atoms with Crippen LogP contribution >= 0.6 is 0 Å². The molecule has 3 rings (SSSR count). The van der Waals surface area contributed by atoms with Crippen LogP contribution in [0, 0.1) is 0 Å². The summed E-state index contributed by atoms with van der Waals surface area (Å²) in [5.41, 5.74) is 0. The lowest BCUT2D eigenvalue weighted by molar-refractivity contribution is 0.177. The third-order valence-corrected chi connectivity index (χ3v) is 4.25. The van der Waals surface area contributed by atoms with Gasteiger partial charge in [-0.15, -0.1) is 0 Å². The Bertz CT molecular complexity index is 348. The van der Waals surface area contributed by atoms with Crippen molar-refractivity contribution in [2.45, 2.75) is 50.7 Å². The van der Waals surface area contributed by atoms with Crippen molar-refractivity contribution in [3.8, 4) is 0 Å². The van der Waals surface area contributed by atoms with E-state index >= 15 is 0 Å². The van der Waals surface area contributed by atoms with Gasteiger partial charge in [-0.1, -0.05) is 6.42 Å². The molecule has 2 aliphatic heterocycles. The number of hydrogen-bond acceptors (Lipinski definition) is 3. The van der Waals surface area contributed by atoms with Gasteiger partial charge in [0.05, 0.1) is 6.04 Å². The van der Waals surface area contributed by atoms with Gasteiger partial charge in [-0.3, -0.25) is 4.90 Å². The SMILES string of the molecule is CC(NC1CCN2CCCCC12)c1ncc[nH]1. The maximum absolute atomic E-state index is 4.33. The van der Waals surface area contributed by atoms with Crippen LogP contribution in [0.5, 0.6) is 0 Å². The Labute approximate surface area is 103 Å². The van der Waals surface area contributed by atoms with Crippen LogP contribution in [0.15, 0.2) is 12.4 Å². The summed E-state index contributed by atoms with van der Waals surface area (Å²) in [5, 5.41) is 3.74. The maximum atomic E-state index is 4.33. The van der Waals surface area contributed by atoms with Crippen molar-refractivity contribution in [3.63, 3.8) is 0 Å². The summed E-state index contributed by atoms with van der Waals surface area (Å²) in [6, 6.07) is 1.74. The molecule has 2 aliphatic rings. The lowest BCUT2D eigenvalue weighted by atomic mass is 9.98. The topological polar surface area (TPSA) is 44.0 Å². The van der Waals surface area contributed by atoms with Crippen molar-refractivity contribution in [2.24, 2.45) is 0 Å². The Morgan fingerprint density at radius 2 is 2.35 bits per heavy atom. The molecule has 0 bridgehead atoms. The molecular weight excluding hydrogens is 212 g/mol. The fourth-order valence-corrected chi connectivity index (χ4v) is 3.36.